The van der Waals surface area contributed by atoms with Gasteiger partial charge in [0.2, 0.25) is 0 Å². The Hall–Kier alpha value is -1.17. The van der Waals surface area contributed by atoms with Crippen molar-refractivity contribution in [3.8, 4) is 0 Å². The molecule has 2 fully saturated rings. The van der Waals surface area contributed by atoms with Crippen molar-refractivity contribution in [3.05, 3.63) is 24.3 Å². The van der Waals surface area contributed by atoms with Crippen LogP contribution in [0.2, 0.25) is 0 Å². The molecule has 45 heavy (non-hydrogen) atoms. The SMILES string of the molecule is NCCCS(=O)(=O)C[C@@H]1C[C@H](N)[C@@H](O[C@H]2O[C@H](CN)C=C[C@H]2N)[C@H](O[C@@H]2O[C@H](CO)[C@@H](O[C@H]3O[C@@H](CN)C=C[C@H]3N)[C@H]2O)[C@H]1O. The molecule has 18 heteroatoms. The highest BCUT2D eigenvalue weighted by atomic mass is 32.2. The Labute approximate surface area is 263 Å². The first-order chi connectivity index (χ1) is 21.4. The van der Waals surface area contributed by atoms with Gasteiger partial charge in [-0.2, -0.15) is 0 Å². The first-order valence-electron chi connectivity index (χ1n) is 15.2. The summed E-state index contributed by atoms with van der Waals surface area (Å²) in [6, 6.07) is -2.24. The van der Waals surface area contributed by atoms with E-state index < -0.39 is 108 Å². The minimum atomic E-state index is -3.61. The normalized spacial score (nSPS) is 44.0. The predicted octanol–water partition coefficient (Wildman–Crippen LogP) is -5.17. The second-order valence-corrected chi connectivity index (χ2v) is 14.1. The molecule has 17 nitrogen and oxygen atoms in total. The highest BCUT2D eigenvalue weighted by Gasteiger charge is 2.53. The fraction of sp³-hybridized carbons (Fsp3) is 0.852. The molecule has 1 saturated carbocycles. The summed E-state index contributed by atoms with van der Waals surface area (Å²) in [4.78, 5) is 0. The zero-order valence-electron chi connectivity index (χ0n) is 25.1. The fourth-order valence-electron chi connectivity index (χ4n) is 5.96. The first kappa shape index (κ1) is 36.7. The van der Waals surface area contributed by atoms with E-state index >= 15 is 0 Å². The van der Waals surface area contributed by atoms with Crippen molar-refractivity contribution in [3.63, 3.8) is 0 Å². The number of sulfone groups is 1. The Morgan fingerprint density at radius 3 is 1.84 bits per heavy atom. The molecule has 0 aromatic rings. The van der Waals surface area contributed by atoms with Crippen LogP contribution in [0.5, 0.6) is 0 Å². The molecule has 0 amide bonds. The topological polar surface area (TPSA) is 306 Å². The Kier molecular flexibility index (Phi) is 13.3. The molecule has 1 aliphatic carbocycles. The summed E-state index contributed by atoms with van der Waals surface area (Å²) in [5.74, 6) is -1.38. The van der Waals surface area contributed by atoms with Crippen molar-refractivity contribution < 1.29 is 52.2 Å². The molecule has 4 aliphatic rings. The summed E-state index contributed by atoms with van der Waals surface area (Å²) in [6.45, 7) is -0.0403. The molecule has 4 rings (SSSR count). The van der Waals surface area contributed by atoms with Crippen LogP contribution in [0.4, 0.5) is 0 Å². The molecule has 0 spiro atoms. The summed E-state index contributed by atoms with van der Waals surface area (Å²) >= 11 is 0. The van der Waals surface area contributed by atoms with E-state index in [4.69, 9.17) is 62.8 Å². The van der Waals surface area contributed by atoms with Crippen LogP contribution in [0, 0.1) is 5.92 Å². The molecule has 0 unspecified atom stereocenters. The number of hydrogen-bond donors (Lipinski definition) is 9. The van der Waals surface area contributed by atoms with E-state index in [-0.39, 0.29) is 44.0 Å². The van der Waals surface area contributed by atoms with E-state index in [0.29, 0.717) is 0 Å². The molecule has 0 radical (unpaired) electrons. The number of rotatable bonds is 14. The molecule has 0 aromatic carbocycles. The van der Waals surface area contributed by atoms with Gasteiger partial charge in [-0.3, -0.25) is 0 Å². The van der Waals surface area contributed by atoms with Gasteiger partial charge in [0.25, 0.3) is 0 Å². The Morgan fingerprint density at radius 1 is 0.756 bits per heavy atom. The van der Waals surface area contributed by atoms with Gasteiger partial charge in [0.1, 0.15) is 30.5 Å². The highest BCUT2D eigenvalue weighted by Crippen LogP contribution is 2.36. The van der Waals surface area contributed by atoms with Crippen LogP contribution in [0.25, 0.3) is 0 Å². The van der Waals surface area contributed by atoms with Crippen LogP contribution in [0.15, 0.2) is 24.3 Å². The molecule has 15 atom stereocenters. The number of aliphatic hydroxyl groups is 3. The van der Waals surface area contributed by atoms with Crippen molar-refractivity contribution in [1.29, 1.82) is 0 Å². The standard InChI is InChI=1S/C27H50N6O11S/c28-6-1-7-45(37,38)12-13-8-18(33)22(42-25-16(31)4-2-14(9-29)39-25)24(20(13)35)44-27-21(36)23(19(11-34)41-27)43-26-17(32)5-3-15(10-30)40-26/h2-5,13-27,34-36H,1,6-12,28-33H2/t13-,14-,15+,16+,17+,18-,19+,20-,21+,22+,23+,24+,25+,26+,27-/m0/s1. The zero-order valence-corrected chi connectivity index (χ0v) is 25.9. The van der Waals surface area contributed by atoms with Crippen molar-refractivity contribution in [2.75, 3.05) is 37.7 Å². The number of nitrogens with two attached hydrogens (primary N) is 6. The largest absolute Gasteiger partial charge is 0.394 e. The molecule has 3 aliphatic heterocycles. The first-order valence-corrected chi connectivity index (χ1v) is 17.1. The molecule has 3 heterocycles. The second-order valence-electron chi connectivity index (χ2n) is 11.9. The van der Waals surface area contributed by atoms with Crippen LogP contribution >= 0.6 is 0 Å². The molecule has 1 saturated heterocycles. The molecular formula is C27H50N6O11S. The minimum absolute atomic E-state index is 0.0669. The van der Waals surface area contributed by atoms with Crippen molar-refractivity contribution in [2.45, 2.75) is 98.7 Å². The van der Waals surface area contributed by atoms with E-state index in [1.165, 1.54) is 0 Å². The molecule has 260 valence electrons. The summed E-state index contributed by atoms with van der Waals surface area (Å²) in [7, 11) is -3.61. The van der Waals surface area contributed by atoms with Gasteiger partial charge in [0.05, 0.1) is 48.5 Å². The summed E-state index contributed by atoms with van der Waals surface area (Å²) < 4.78 is 61.4. The lowest BCUT2D eigenvalue weighted by molar-refractivity contribution is -0.282. The molecule has 0 bridgehead atoms. The molecule has 15 N–H and O–H groups in total. The summed E-state index contributed by atoms with van der Waals surface area (Å²) in [6.07, 6.45) is -4.93. The van der Waals surface area contributed by atoms with Gasteiger partial charge in [-0.1, -0.05) is 24.3 Å². The molecule has 0 aromatic heterocycles. The lowest BCUT2D eigenvalue weighted by Crippen LogP contribution is -2.63. The smallest absolute Gasteiger partial charge is 0.187 e. The highest BCUT2D eigenvalue weighted by molar-refractivity contribution is 7.91. The maximum atomic E-state index is 12.8. The van der Waals surface area contributed by atoms with Crippen molar-refractivity contribution >= 4 is 9.84 Å². The van der Waals surface area contributed by atoms with Gasteiger partial charge >= 0.3 is 0 Å². The van der Waals surface area contributed by atoms with E-state index in [9.17, 15) is 23.7 Å². The van der Waals surface area contributed by atoms with Gasteiger partial charge in [0, 0.05) is 25.0 Å². The predicted molar refractivity (Wildman–Crippen MR) is 160 cm³/mol. The van der Waals surface area contributed by atoms with E-state index in [0.717, 1.165) is 0 Å². The maximum absolute atomic E-state index is 12.8. The van der Waals surface area contributed by atoms with Crippen molar-refractivity contribution in [1.82, 2.24) is 0 Å². The van der Waals surface area contributed by atoms with Gasteiger partial charge < -0.3 is 78.1 Å². The van der Waals surface area contributed by atoms with Crippen LogP contribution in [0.3, 0.4) is 0 Å². The fourth-order valence-corrected chi connectivity index (χ4v) is 7.72. The minimum Gasteiger partial charge on any atom is -0.394 e. The van der Waals surface area contributed by atoms with Crippen LogP contribution < -0.4 is 34.4 Å². The Bertz CT molecular complexity index is 1110. The molecular weight excluding hydrogens is 616 g/mol. The lowest BCUT2D eigenvalue weighted by atomic mass is 9.80. The van der Waals surface area contributed by atoms with Crippen LogP contribution in [0.1, 0.15) is 12.8 Å². The summed E-state index contributed by atoms with van der Waals surface area (Å²) in [5.41, 5.74) is 35.8. The number of ether oxygens (including phenoxy) is 6. The van der Waals surface area contributed by atoms with E-state index in [1.807, 2.05) is 0 Å². The second kappa shape index (κ2) is 16.3. The third kappa shape index (κ3) is 9.05. The van der Waals surface area contributed by atoms with E-state index in [1.54, 1.807) is 24.3 Å². The Balaban J connectivity index is 1.55. The lowest BCUT2D eigenvalue weighted by Gasteiger charge is -2.46. The summed E-state index contributed by atoms with van der Waals surface area (Å²) in [5, 5.41) is 32.9. The van der Waals surface area contributed by atoms with Crippen LogP contribution in [-0.4, -0.2) is 147 Å². The third-order valence-electron chi connectivity index (χ3n) is 8.42. The Morgan fingerprint density at radius 2 is 1.31 bits per heavy atom. The monoisotopic (exact) mass is 666 g/mol. The quantitative estimate of drug-likeness (QED) is 0.0782. The van der Waals surface area contributed by atoms with Gasteiger partial charge in [-0.15, -0.1) is 0 Å². The van der Waals surface area contributed by atoms with Crippen LogP contribution in [-0.2, 0) is 38.3 Å². The van der Waals surface area contributed by atoms with Gasteiger partial charge in [-0.05, 0) is 19.4 Å². The number of hydrogen-bond acceptors (Lipinski definition) is 17. The third-order valence-corrected chi connectivity index (χ3v) is 10.3. The van der Waals surface area contributed by atoms with Crippen molar-refractivity contribution in [2.24, 2.45) is 40.3 Å². The van der Waals surface area contributed by atoms with Gasteiger partial charge in [-0.25, -0.2) is 8.42 Å². The zero-order chi connectivity index (χ0) is 32.9. The average molecular weight is 667 g/mol. The number of aliphatic hydroxyl groups excluding tert-OH is 3. The average Bonchev–Trinajstić information content (AvgIpc) is 3.31. The maximum Gasteiger partial charge on any atom is 0.187 e. The van der Waals surface area contributed by atoms with Gasteiger partial charge in [0.15, 0.2) is 28.7 Å². The van der Waals surface area contributed by atoms with E-state index in [2.05, 4.69) is 0 Å².